The summed E-state index contributed by atoms with van der Waals surface area (Å²) in [6.45, 7) is 4.59. The van der Waals surface area contributed by atoms with Crippen LogP contribution < -0.4 is 11.3 Å². The van der Waals surface area contributed by atoms with Crippen LogP contribution in [0.5, 0.6) is 0 Å². The molecule has 0 aliphatic heterocycles. The summed E-state index contributed by atoms with van der Waals surface area (Å²) < 4.78 is 0. The van der Waals surface area contributed by atoms with Crippen molar-refractivity contribution in [1.82, 2.24) is 5.43 Å². The maximum absolute atomic E-state index is 5.79. The van der Waals surface area contributed by atoms with Crippen molar-refractivity contribution in [3.8, 4) is 0 Å². The van der Waals surface area contributed by atoms with Gasteiger partial charge in [0.05, 0.1) is 0 Å². The zero-order valence-electron chi connectivity index (χ0n) is 12.4. The van der Waals surface area contributed by atoms with Crippen molar-refractivity contribution in [2.24, 2.45) is 17.7 Å². The van der Waals surface area contributed by atoms with Crippen LogP contribution in [0, 0.1) is 11.8 Å². The lowest BCUT2D eigenvalue weighted by molar-refractivity contribution is 0.297. The fraction of sp³-hybridized carbons (Fsp3) is 0.647. The SMILES string of the molecule is CC(C)CCCC(NN)C1CCc2ccccc2C1. The van der Waals surface area contributed by atoms with E-state index >= 15 is 0 Å². The van der Waals surface area contributed by atoms with Crippen LogP contribution in [0.25, 0.3) is 0 Å². The maximum Gasteiger partial charge on any atom is 0.0242 e. The highest BCUT2D eigenvalue weighted by atomic mass is 15.2. The molecule has 0 saturated heterocycles. The number of hydrazine groups is 1. The lowest BCUT2D eigenvalue weighted by Crippen LogP contribution is -2.43. The molecule has 2 atom stereocenters. The minimum absolute atomic E-state index is 0.479. The van der Waals surface area contributed by atoms with E-state index in [4.69, 9.17) is 5.84 Å². The van der Waals surface area contributed by atoms with E-state index in [-0.39, 0.29) is 0 Å². The number of rotatable bonds is 6. The summed E-state index contributed by atoms with van der Waals surface area (Å²) in [5.41, 5.74) is 6.15. The van der Waals surface area contributed by atoms with Gasteiger partial charge in [0.2, 0.25) is 0 Å². The lowest BCUT2D eigenvalue weighted by Gasteiger charge is -2.31. The number of benzene rings is 1. The zero-order valence-corrected chi connectivity index (χ0v) is 12.4. The molecule has 0 bridgehead atoms. The molecule has 1 aromatic rings. The molecular weight excluding hydrogens is 232 g/mol. The Hall–Kier alpha value is -0.860. The molecule has 0 saturated carbocycles. The van der Waals surface area contributed by atoms with Crippen LogP contribution in [0.4, 0.5) is 0 Å². The Morgan fingerprint density at radius 3 is 2.63 bits per heavy atom. The molecule has 0 aromatic heterocycles. The molecule has 19 heavy (non-hydrogen) atoms. The number of hydrogen-bond donors (Lipinski definition) is 2. The molecule has 0 spiro atoms. The molecule has 106 valence electrons. The van der Waals surface area contributed by atoms with E-state index in [1.807, 2.05) is 0 Å². The quantitative estimate of drug-likeness (QED) is 0.607. The van der Waals surface area contributed by atoms with Crippen LogP contribution in [-0.4, -0.2) is 6.04 Å². The van der Waals surface area contributed by atoms with Crippen molar-refractivity contribution < 1.29 is 0 Å². The minimum Gasteiger partial charge on any atom is -0.271 e. The van der Waals surface area contributed by atoms with Crippen LogP contribution >= 0.6 is 0 Å². The van der Waals surface area contributed by atoms with E-state index in [1.54, 1.807) is 0 Å². The first-order chi connectivity index (χ1) is 9.20. The summed E-state index contributed by atoms with van der Waals surface area (Å²) in [6.07, 6.45) is 7.47. The Balaban J connectivity index is 1.90. The Kier molecular flexibility index (Phi) is 5.41. The second kappa shape index (κ2) is 7.06. The minimum atomic E-state index is 0.479. The Morgan fingerprint density at radius 2 is 1.95 bits per heavy atom. The van der Waals surface area contributed by atoms with Crippen molar-refractivity contribution in [3.05, 3.63) is 35.4 Å². The summed E-state index contributed by atoms with van der Waals surface area (Å²) >= 11 is 0. The van der Waals surface area contributed by atoms with E-state index in [9.17, 15) is 0 Å². The highest BCUT2D eigenvalue weighted by molar-refractivity contribution is 5.29. The largest absolute Gasteiger partial charge is 0.271 e. The fourth-order valence-electron chi connectivity index (χ4n) is 3.27. The molecule has 2 heteroatoms. The first kappa shape index (κ1) is 14.5. The highest BCUT2D eigenvalue weighted by Gasteiger charge is 2.25. The molecule has 1 aromatic carbocycles. The van der Waals surface area contributed by atoms with Gasteiger partial charge in [-0.3, -0.25) is 11.3 Å². The second-order valence-electron chi connectivity index (χ2n) is 6.37. The number of aryl methyl sites for hydroxylation is 1. The molecular formula is C17H28N2. The predicted molar refractivity (Wildman–Crippen MR) is 81.8 cm³/mol. The zero-order chi connectivity index (χ0) is 13.7. The van der Waals surface area contributed by atoms with Gasteiger partial charge >= 0.3 is 0 Å². The highest BCUT2D eigenvalue weighted by Crippen LogP contribution is 2.29. The normalized spacial score (nSPS) is 20.3. The standard InChI is InChI=1S/C17H28N2/c1-13(2)6-5-9-17(19-18)16-11-10-14-7-3-4-8-15(14)12-16/h3-4,7-8,13,16-17,19H,5-6,9-12,18H2,1-2H3. The van der Waals surface area contributed by atoms with Gasteiger partial charge in [0, 0.05) is 6.04 Å². The average molecular weight is 260 g/mol. The molecule has 3 N–H and O–H groups in total. The molecule has 1 aliphatic carbocycles. The van der Waals surface area contributed by atoms with Gasteiger partial charge in [0.1, 0.15) is 0 Å². The van der Waals surface area contributed by atoms with Gasteiger partial charge in [-0.25, -0.2) is 0 Å². The number of nitrogens with one attached hydrogen (secondary N) is 1. The molecule has 0 heterocycles. The second-order valence-corrected chi connectivity index (χ2v) is 6.37. The van der Waals surface area contributed by atoms with Crippen LogP contribution in [0.2, 0.25) is 0 Å². The van der Waals surface area contributed by atoms with Gasteiger partial charge in [-0.1, -0.05) is 51.0 Å². The molecule has 2 unspecified atom stereocenters. The first-order valence-electron chi connectivity index (χ1n) is 7.73. The van der Waals surface area contributed by atoms with Gasteiger partial charge in [-0.2, -0.15) is 0 Å². The van der Waals surface area contributed by atoms with Gasteiger partial charge in [0.25, 0.3) is 0 Å². The van der Waals surface area contributed by atoms with Gasteiger partial charge in [-0.15, -0.1) is 0 Å². The topological polar surface area (TPSA) is 38.0 Å². The van der Waals surface area contributed by atoms with Crippen molar-refractivity contribution in [2.45, 2.75) is 58.4 Å². The summed E-state index contributed by atoms with van der Waals surface area (Å²) in [5.74, 6) is 7.29. The van der Waals surface area contributed by atoms with Gasteiger partial charge in [-0.05, 0) is 48.6 Å². The van der Waals surface area contributed by atoms with E-state index in [1.165, 1.54) is 49.7 Å². The molecule has 1 aliphatic rings. The van der Waals surface area contributed by atoms with Crippen molar-refractivity contribution in [1.29, 1.82) is 0 Å². The average Bonchev–Trinajstić information content (AvgIpc) is 2.43. The van der Waals surface area contributed by atoms with Crippen LogP contribution in [0.3, 0.4) is 0 Å². The number of fused-ring (bicyclic) bond motifs is 1. The lowest BCUT2D eigenvalue weighted by atomic mass is 9.79. The molecule has 2 rings (SSSR count). The Morgan fingerprint density at radius 1 is 1.21 bits per heavy atom. The molecule has 0 fully saturated rings. The third-order valence-electron chi connectivity index (χ3n) is 4.46. The van der Waals surface area contributed by atoms with Crippen LogP contribution in [0.1, 0.15) is 50.7 Å². The van der Waals surface area contributed by atoms with Gasteiger partial charge in [0.15, 0.2) is 0 Å². The van der Waals surface area contributed by atoms with E-state index in [0.717, 1.165) is 5.92 Å². The predicted octanol–water partition coefficient (Wildman–Crippen LogP) is 3.45. The fourth-order valence-corrected chi connectivity index (χ4v) is 3.27. The maximum atomic E-state index is 5.79. The van der Waals surface area contributed by atoms with Crippen molar-refractivity contribution >= 4 is 0 Å². The van der Waals surface area contributed by atoms with Crippen LogP contribution in [0.15, 0.2) is 24.3 Å². The van der Waals surface area contributed by atoms with Crippen molar-refractivity contribution in [2.75, 3.05) is 0 Å². The smallest absolute Gasteiger partial charge is 0.0242 e. The summed E-state index contributed by atoms with van der Waals surface area (Å²) in [5, 5.41) is 0. The Labute approximate surface area is 117 Å². The first-order valence-corrected chi connectivity index (χ1v) is 7.73. The molecule has 0 amide bonds. The summed E-state index contributed by atoms with van der Waals surface area (Å²) in [6, 6.07) is 9.34. The van der Waals surface area contributed by atoms with Gasteiger partial charge < -0.3 is 0 Å². The Bertz CT molecular complexity index is 387. The molecule has 2 nitrogen and oxygen atoms in total. The number of hydrogen-bond acceptors (Lipinski definition) is 2. The van der Waals surface area contributed by atoms with E-state index in [2.05, 4.69) is 43.5 Å². The third-order valence-corrected chi connectivity index (χ3v) is 4.46. The monoisotopic (exact) mass is 260 g/mol. The number of nitrogens with two attached hydrogens (primary N) is 1. The third kappa shape index (κ3) is 4.05. The molecule has 0 radical (unpaired) electrons. The summed E-state index contributed by atoms with van der Waals surface area (Å²) in [7, 11) is 0. The summed E-state index contributed by atoms with van der Waals surface area (Å²) in [4.78, 5) is 0. The van der Waals surface area contributed by atoms with Crippen molar-refractivity contribution in [3.63, 3.8) is 0 Å². The van der Waals surface area contributed by atoms with E-state index < -0.39 is 0 Å². The van der Waals surface area contributed by atoms with E-state index in [0.29, 0.717) is 12.0 Å². The van der Waals surface area contributed by atoms with Crippen LogP contribution in [-0.2, 0) is 12.8 Å².